The van der Waals surface area contributed by atoms with Crippen LogP contribution in [-0.2, 0) is 9.53 Å². The number of rotatable bonds is 5. The number of ether oxygens (including phenoxy) is 1. The Balaban J connectivity index is 3.99. The lowest BCUT2D eigenvalue weighted by molar-refractivity contribution is -0.888. The minimum atomic E-state index is -0.189. The molecule has 0 aliphatic rings. The Morgan fingerprint density at radius 2 is 1.73 bits per heavy atom. The van der Waals surface area contributed by atoms with Crippen LogP contribution in [0.1, 0.15) is 27.7 Å². The quantitative estimate of drug-likeness (QED) is 0.397. The molecule has 0 aromatic heterocycles. The van der Waals surface area contributed by atoms with E-state index in [0.717, 1.165) is 28.7 Å². The predicted octanol–water partition coefficient (Wildman–Crippen LogP) is 1.98. The highest BCUT2D eigenvalue weighted by molar-refractivity contribution is 5.88. The zero-order chi connectivity index (χ0) is 12.1. The van der Waals surface area contributed by atoms with Crippen LogP contribution in [0.25, 0.3) is 0 Å². The van der Waals surface area contributed by atoms with Gasteiger partial charge in [-0.15, -0.1) is 0 Å². The number of hydrogen-bond donors (Lipinski definition) is 0. The minimum absolute atomic E-state index is 0.189. The van der Waals surface area contributed by atoms with Gasteiger partial charge in [-0.1, -0.05) is 5.57 Å². The van der Waals surface area contributed by atoms with Gasteiger partial charge in [0.2, 0.25) is 0 Å². The van der Waals surface area contributed by atoms with E-state index in [2.05, 4.69) is 21.0 Å². The summed E-state index contributed by atoms with van der Waals surface area (Å²) in [6.07, 6.45) is 0. The highest BCUT2D eigenvalue weighted by atomic mass is 16.5. The first-order valence-corrected chi connectivity index (χ1v) is 5.43. The van der Waals surface area contributed by atoms with Crippen molar-refractivity contribution in [2.24, 2.45) is 0 Å². The number of allylic oxidation sites excluding steroid dienone is 1. The number of esters is 1. The van der Waals surface area contributed by atoms with Crippen molar-refractivity contribution in [1.29, 1.82) is 0 Å². The molecule has 0 unspecified atom stereocenters. The monoisotopic (exact) mass is 214 g/mol. The van der Waals surface area contributed by atoms with Crippen molar-refractivity contribution in [3.05, 3.63) is 11.1 Å². The third-order valence-corrected chi connectivity index (χ3v) is 2.84. The lowest BCUT2D eigenvalue weighted by Gasteiger charge is -2.27. The van der Waals surface area contributed by atoms with Gasteiger partial charge in [0.25, 0.3) is 0 Å². The number of nitrogens with zero attached hydrogens (tertiary/aromatic N) is 1. The second kappa shape index (κ2) is 5.91. The largest absolute Gasteiger partial charge is 0.456 e. The van der Waals surface area contributed by atoms with Gasteiger partial charge in [0.1, 0.15) is 13.2 Å². The van der Waals surface area contributed by atoms with E-state index in [0.29, 0.717) is 6.61 Å². The summed E-state index contributed by atoms with van der Waals surface area (Å²) in [7, 11) is 4.25. The van der Waals surface area contributed by atoms with Crippen molar-refractivity contribution in [2.75, 3.05) is 33.8 Å². The molecular weight excluding hydrogens is 190 g/mol. The SMILES string of the molecule is CC[N+](C)(C)CCOC(=O)C(C)=C(C)C. The van der Waals surface area contributed by atoms with Crippen LogP contribution in [0.2, 0.25) is 0 Å². The zero-order valence-electron chi connectivity index (χ0n) is 10.9. The Morgan fingerprint density at radius 1 is 1.20 bits per heavy atom. The molecule has 88 valence electrons. The molecule has 3 heteroatoms. The second-order valence-electron chi connectivity index (χ2n) is 4.74. The van der Waals surface area contributed by atoms with Crippen LogP contribution in [-0.4, -0.2) is 44.2 Å². The van der Waals surface area contributed by atoms with Crippen molar-refractivity contribution >= 4 is 5.97 Å². The molecule has 0 spiro atoms. The fraction of sp³-hybridized carbons (Fsp3) is 0.750. The molecular formula is C12H24NO2+. The topological polar surface area (TPSA) is 26.3 Å². The van der Waals surface area contributed by atoms with Gasteiger partial charge in [-0.3, -0.25) is 0 Å². The molecule has 0 rings (SSSR count). The molecule has 0 bridgehead atoms. The molecule has 0 N–H and O–H groups in total. The molecule has 0 saturated heterocycles. The summed E-state index contributed by atoms with van der Waals surface area (Å²) >= 11 is 0. The van der Waals surface area contributed by atoms with E-state index in [1.807, 2.05) is 13.8 Å². The number of likely N-dealkylation sites (N-methyl/N-ethyl adjacent to an activating group) is 1. The van der Waals surface area contributed by atoms with Gasteiger partial charge in [-0.25, -0.2) is 4.79 Å². The van der Waals surface area contributed by atoms with E-state index in [-0.39, 0.29) is 5.97 Å². The van der Waals surface area contributed by atoms with E-state index in [1.165, 1.54) is 0 Å². The third kappa shape index (κ3) is 5.57. The van der Waals surface area contributed by atoms with Crippen LogP contribution in [0.4, 0.5) is 0 Å². The number of quaternary nitrogens is 1. The summed E-state index contributed by atoms with van der Waals surface area (Å²) in [5.41, 5.74) is 1.74. The average molecular weight is 214 g/mol. The lowest BCUT2D eigenvalue weighted by Crippen LogP contribution is -2.42. The van der Waals surface area contributed by atoms with Crippen LogP contribution in [0.3, 0.4) is 0 Å². The van der Waals surface area contributed by atoms with E-state index in [1.54, 1.807) is 6.92 Å². The molecule has 0 amide bonds. The van der Waals surface area contributed by atoms with Crippen LogP contribution in [0.5, 0.6) is 0 Å². The van der Waals surface area contributed by atoms with Gasteiger partial charge in [0.15, 0.2) is 0 Å². The Hall–Kier alpha value is -0.830. The summed E-state index contributed by atoms with van der Waals surface area (Å²) < 4.78 is 6.07. The summed E-state index contributed by atoms with van der Waals surface area (Å²) in [4.78, 5) is 11.5. The molecule has 0 radical (unpaired) electrons. The Morgan fingerprint density at radius 3 is 2.13 bits per heavy atom. The average Bonchev–Trinajstić information content (AvgIpc) is 2.16. The van der Waals surface area contributed by atoms with Crippen LogP contribution < -0.4 is 0 Å². The lowest BCUT2D eigenvalue weighted by atomic mass is 10.2. The van der Waals surface area contributed by atoms with Gasteiger partial charge < -0.3 is 9.22 Å². The fourth-order valence-electron chi connectivity index (χ4n) is 0.856. The maximum absolute atomic E-state index is 11.5. The van der Waals surface area contributed by atoms with E-state index < -0.39 is 0 Å². The molecule has 15 heavy (non-hydrogen) atoms. The molecule has 3 nitrogen and oxygen atoms in total. The fourth-order valence-corrected chi connectivity index (χ4v) is 0.856. The summed E-state index contributed by atoms with van der Waals surface area (Å²) in [6, 6.07) is 0. The maximum Gasteiger partial charge on any atom is 0.333 e. The first kappa shape index (κ1) is 14.2. The van der Waals surface area contributed by atoms with Crippen molar-refractivity contribution in [3.63, 3.8) is 0 Å². The number of carbonyl (C=O) groups is 1. The van der Waals surface area contributed by atoms with Crippen LogP contribution in [0, 0.1) is 0 Å². The zero-order valence-corrected chi connectivity index (χ0v) is 10.9. The molecule has 0 heterocycles. The standard InChI is InChI=1S/C12H24NO2/c1-7-13(5,6)8-9-15-12(14)11(4)10(2)3/h7-9H2,1-6H3/q+1. The van der Waals surface area contributed by atoms with Crippen molar-refractivity contribution in [1.82, 2.24) is 0 Å². The van der Waals surface area contributed by atoms with Crippen LogP contribution >= 0.6 is 0 Å². The number of carbonyl (C=O) groups excluding carboxylic acids is 1. The van der Waals surface area contributed by atoms with E-state index in [4.69, 9.17) is 4.74 Å². The Labute approximate surface area is 93.3 Å². The van der Waals surface area contributed by atoms with Crippen molar-refractivity contribution < 1.29 is 14.0 Å². The summed E-state index contributed by atoms with van der Waals surface area (Å²) in [6.45, 7) is 10.2. The minimum Gasteiger partial charge on any atom is -0.456 e. The predicted molar refractivity (Wildman–Crippen MR) is 62.5 cm³/mol. The summed E-state index contributed by atoms with van der Waals surface area (Å²) in [5, 5.41) is 0. The number of hydrogen-bond acceptors (Lipinski definition) is 2. The third-order valence-electron chi connectivity index (χ3n) is 2.84. The molecule has 0 aromatic rings. The highest BCUT2D eigenvalue weighted by Gasteiger charge is 2.13. The first-order chi connectivity index (χ1) is 6.80. The molecule has 0 aliphatic heterocycles. The highest BCUT2D eigenvalue weighted by Crippen LogP contribution is 2.04. The Bertz CT molecular complexity index is 250. The maximum atomic E-state index is 11.5. The molecule has 0 aromatic carbocycles. The normalized spacial score (nSPS) is 11.1. The van der Waals surface area contributed by atoms with Crippen molar-refractivity contribution in [2.45, 2.75) is 27.7 Å². The van der Waals surface area contributed by atoms with E-state index >= 15 is 0 Å². The van der Waals surface area contributed by atoms with Gasteiger partial charge in [0, 0.05) is 5.57 Å². The first-order valence-electron chi connectivity index (χ1n) is 5.43. The van der Waals surface area contributed by atoms with E-state index in [9.17, 15) is 4.79 Å². The second-order valence-corrected chi connectivity index (χ2v) is 4.74. The van der Waals surface area contributed by atoms with Gasteiger partial charge in [0.05, 0.1) is 20.6 Å². The molecule has 0 aliphatic carbocycles. The molecule has 0 atom stereocenters. The van der Waals surface area contributed by atoms with Gasteiger partial charge in [-0.2, -0.15) is 0 Å². The molecule has 0 saturated carbocycles. The molecule has 0 fully saturated rings. The Kier molecular flexibility index (Phi) is 5.58. The van der Waals surface area contributed by atoms with Crippen LogP contribution in [0.15, 0.2) is 11.1 Å². The van der Waals surface area contributed by atoms with Gasteiger partial charge in [-0.05, 0) is 27.7 Å². The smallest absolute Gasteiger partial charge is 0.333 e. The van der Waals surface area contributed by atoms with Gasteiger partial charge >= 0.3 is 5.97 Å². The summed E-state index contributed by atoms with van der Waals surface area (Å²) in [5.74, 6) is -0.189. The van der Waals surface area contributed by atoms with Crippen molar-refractivity contribution in [3.8, 4) is 0 Å².